The summed E-state index contributed by atoms with van der Waals surface area (Å²) < 4.78 is 5.15. The van der Waals surface area contributed by atoms with Crippen LogP contribution in [-0.4, -0.2) is 24.4 Å². The van der Waals surface area contributed by atoms with Crippen molar-refractivity contribution in [2.45, 2.75) is 31.8 Å². The first-order valence-electron chi connectivity index (χ1n) is 5.66. The standard InChI is InChI=1S/C12H19NO2S/c1-12(8-14,9-3-4-9)13-7-10-5-6-11(15-2)16-10/h5-6,9,13-14H,3-4,7-8H2,1-2H3. The summed E-state index contributed by atoms with van der Waals surface area (Å²) in [5.41, 5.74) is -0.114. The molecule has 1 aromatic heterocycles. The summed E-state index contributed by atoms with van der Waals surface area (Å²) >= 11 is 1.65. The van der Waals surface area contributed by atoms with Gasteiger partial charge < -0.3 is 15.2 Å². The molecule has 0 aliphatic heterocycles. The van der Waals surface area contributed by atoms with Gasteiger partial charge in [-0.2, -0.15) is 0 Å². The lowest BCUT2D eigenvalue weighted by Crippen LogP contribution is -2.47. The van der Waals surface area contributed by atoms with Crippen molar-refractivity contribution in [3.05, 3.63) is 17.0 Å². The average molecular weight is 241 g/mol. The van der Waals surface area contributed by atoms with E-state index >= 15 is 0 Å². The SMILES string of the molecule is COc1ccc(CNC(C)(CO)C2CC2)s1. The normalized spacial score (nSPS) is 19.4. The smallest absolute Gasteiger partial charge is 0.173 e. The number of aliphatic hydroxyl groups excluding tert-OH is 1. The van der Waals surface area contributed by atoms with Gasteiger partial charge in [0.2, 0.25) is 0 Å². The van der Waals surface area contributed by atoms with Crippen LogP contribution in [0.25, 0.3) is 0 Å². The molecule has 0 amide bonds. The number of nitrogens with one attached hydrogen (secondary N) is 1. The molecule has 90 valence electrons. The molecule has 16 heavy (non-hydrogen) atoms. The van der Waals surface area contributed by atoms with Gasteiger partial charge in [0, 0.05) is 17.0 Å². The molecule has 1 aliphatic rings. The summed E-state index contributed by atoms with van der Waals surface area (Å²) in [7, 11) is 1.69. The Morgan fingerprint density at radius 3 is 2.81 bits per heavy atom. The van der Waals surface area contributed by atoms with Crippen LogP contribution < -0.4 is 10.1 Å². The first kappa shape index (κ1) is 11.9. The summed E-state index contributed by atoms with van der Waals surface area (Å²) in [5, 5.41) is 13.8. The Bertz CT molecular complexity index is 349. The number of methoxy groups -OCH3 is 1. The highest BCUT2D eigenvalue weighted by Gasteiger charge is 2.40. The van der Waals surface area contributed by atoms with E-state index in [9.17, 15) is 5.11 Å². The predicted octanol–water partition coefficient (Wildman–Crippen LogP) is 2.01. The van der Waals surface area contributed by atoms with Gasteiger partial charge in [0.05, 0.1) is 13.7 Å². The maximum absolute atomic E-state index is 9.44. The van der Waals surface area contributed by atoms with E-state index in [0.717, 1.165) is 11.6 Å². The third kappa shape index (κ3) is 2.56. The van der Waals surface area contributed by atoms with E-state index in [1.165, 1.54) is 17.7 Å². The van der Waals surface area contributed by atoms with Gasteiger partial charge in [0.25, 0.3) is 0 Å². The average Bonchev–Trinajstić information content (AvgIpc) is 3.06. The van der Waals surface area contributed by atoms with E-state index in [-0.39, 0.29) is 12.1 Å². The quantitative estimate of drug-likeness (QED) is 0.800. The van der Waals surface area contributed by atoms with Crippen molar-refractivity contribution in [1.82, 2.24) is 5.32 Å². The van der Waals surface area contributed by atoms with Crippen LogP contribution >= 0.6 is 11.3 Å². The summed E-state index contributed by atoms with van der Waals surface area (Å²) in [6.07, 6.45) is 2.47. The number of hydrogen-bond donors (Lipinski definition) is 2. The molecule has 1 aliphatic carbocycles. The van der Waals surface area contributed by atoms with Gasteiger partial charge in [-0.25, -0.2) is 0 Å². The molecule has 0 spiro atoms. The molecule has 1 aromatic rings. The first-order chi connectivity index (χ1) is 7.68. The minimum atomic E-state index is -0.114. The fourth-order valence-electron chi connectivity index (χ4n) is 1.90. The largest absolute Gasteiger partial charge is 0.487 e. The summed E-state index contributed by atoms with van der Waals surface area (Å²) in [5.74, 6) is 0.638. The van der Waals surface area contributed by atoms with Crippen molar-refractivity contribution in [2.24, 2.45) is 5.92 Å². The van der Waals surface area contributed by atoms with Crippen LogP contribution in [0.1, 0.15) is 24.6 Å². The molecule has 1 saturated carbocycles. The van der Waals surface area contributed by atoms with Gasteiger partial charge in [-0.3, -0.25) is 0 Å². The molecular weight excluding hydrogens is 222 g/mol. The Kier molecular flexibility index (Phi) is 3.52. The Morgan fingerprint density at radius 2 is 2.31 bits per heavy atom. The highest BCUT2D eigenvalue weighted by atomic mass is 32.1. The molecule has 1 atom stereocenters. The third-order valence-electron chi connectivity index (χ3n) is 3.31. The summed E-state index contributed by atoms with van der Waals surface area (Å²) in [4.78, 5) is 1.25. The van der Waals surface area contributed by atoms with Crippen LogP contribution in [-0.2, 0) is 6.54 Å². The van der Waals surface area contributed by atoms with Crippen LogP contribution in [0.5, 0.6) is 5.06 Å². The highest BCUT2D eigenvalue weighted by molar-refractivity contribution is 7.13. The monoisotopic (exact) mass is 241 g/mol. The molecule has 0 aromatic carbocycles. The van der Waals surface area contributed by atoms with E-state index < -0.39 is 0 Å². The zero-order valence-electron chi connectivity index (χ0n) is 9.82. The number of thiophene rings is 1. The lowest BCUT2D eigenvalue weighted by Gasteiger charge is -2.28. The lowest BCUT2D eigenvalue weighted by molar-refractivity contribution is 0.154. The molecule has 1 heterocycles. The minimum absolute atomic E-state index is 0.114. The van der Waals surface area contributed by atoms with Crippen molar-refractivity contribution in [3.8, 4) is 5.06 Å². The Labute approximate surface area is 100 Å². The topological polar surface area (TPSA) is 41.5 Å². The fraction of sp³-hybridized carbons (Fsp3) is 0.667. The highest BCUT2D eigenvalue weighted by Crippen LogP contribution is 2.39. The van der Waals surface area contributed by atoms with Crippen molar-refractivity contribution < 1.29 is 9.84 Å². The molecule has 3 nitrogen and oxygen atoms in total. The van der Waals surface area contributed by atoms with Crippen LogP contribution in [0.4, 0.5) is 0 Å². The zero-order valence-corrected chi connectivity index (χ0v) is 10.6. The van der Waals surface area contributed by atoms with Crippen molar-refractivity contribution in [2.75, 3.05) is 13.7 Å². The first-order valence-corrected chi connectivity index (χ1v) is 6.48. The van der Waals surface area contributed by atoms with Crippen molar-refractivity contribution in [1.29, 1.82) is 0 Å². The van der Waals surface area contributed by atoms with E-state index in [1.807, 2.05) is 6.07 Å². The van der Waals surface area contributed by atoms with Crippen LogP contribution in [0.3, 0.4) is 0 Å². The zero-order chi connectivity index (χ0) is 11.6. The second-order valence-corrected chi connectivity index (χ2v) is 5.76. The van der Waals surface area contributed by atoms with E-state index in [0.29, 0.717) is 5.92 Å². The molecule has 1 unspecified atom stereocenters. The van der Waals surface area contributed by atoms with Gasteiger partial charge >= 0.3 is 0 Å². The molecule has 0 radical (unpaired) electrons. The second kappa shape index (κ2) is 4.73. The molecule has 1 fully saturated rings. The van der Waals surface area contributed by atoms with Crippen molar-refractivity contribution >= 4 is 11.3 Å². The molecular formula is C12H19NO2S. The summed E-state index contributed by atoms with van der Waals surface area (Å²) in [6.45, 7) is 3.12. The second-order valence-electron chi connectivity index (χ2n) is 4.63. The fourth-order valence-corrected chi connectivity index (χ4v) is 2.66. The van der Waals surface area contributed by atoms with Gasteiger partial charge in [0.1, 0.15) is 0 Å². The number of aliphatic hydroxyl groups is 1. The molecule has 2 rings (SSSR count). The van der Waals surface area contributed by atoms with Gasteiger partial charge in [-0.1, -0.05) is 0 Å². The van der Waals surface area contributed by atoms with Crippen LogP contribution in [0.2, 0.25) is 0 Å². The molecule has 0 saturated heterocycles. The maximum Gasteiger partial charge on any atom is 0.173 e. The molecule has 4 heteroatoms. The van der Waals surface area contributed by atoms with E-state index in [4.69, 9.17) is 4.74 Å². The minimum Gasteiger partial charge on any atom is -0.487 e. The number of ether oxygens (including phenoxy) is 1. The van der Waals surface area contributed by atoms with Crippen molar-refractivity contribution in [3.63, 3.8) is 0 Å². The Morgan fingerprint density at radius 1 is 1.56 bits per heavy atom. The third-order valence-corrected chi connectivity index (χ3v) is 4.36. The van der Waals surface area contributed by atoms with Crippen LogP contribution in [0.15, 0.2) is 12.1 Å². The van der Waals surface area contributed by atoms with Gasteiger partial charge in [-0.05, 0) is 37.8 Å². The van der Waals surface area contributed by atoms with E-state index in [1.54, 1.807) is 18.4 Å². The number of rotatable bonds is 6. The molecule has 2 N–H and O–H groups in total. The lowest BCUT2D eigenvalue weighted by atomic mass is 9.97. The Hall–Kier alpha value is -0.580. The maximum atomic E-state index is 9.44. The molecule has 0 bridgehead atoms. The predicted molar refractivity (Wildman–Crippen MR) is 65.9 cm³/mol. The summed E-state index contributed by atoms with van der Waals surface area (Å²) in [6, 6.07) is 4.05. The van der Waals surface area contributed by atoms with Gasteiger partial charge in [0.15, 0.2) is 5.06 Å². The van der Waals surface area contributed by atoms with Crippen LogP contribution in [0, 0.1) is 5.92 Å². The Balaban J connectivity index is 1.90. The van der Waals surface area contributed by atoms with Gasteiger partial charge in [-0.15, -0.1) is 11.3 Å². The van der Waals surface area contributed by atoms with E-state index in [2.05, 4.69) is 18.3 Å². The number of hydrogen-bond acceptors (Lipinski definition) is 4.